The summed E-state index contributed by atoms with van der Waals surface area (Å²) in [6.07, 6.45) is 4.10. The molecule has 0 saturated carbocycles. The average molecular weight is 385 g/mol. The highest BCUT2D eigenvalue weighted by Gasteiger charge is 2.35. The number of aromatic nitrogens is 2. The van der Waals surface area contributed by atoms with Crippen molar-refractivity contribution < 1.29 is 8.78 Å². The summed E-state index contributed by atoms with van der Waals surface area (Å²) in [6.45, 7) is 7.63. The highest BCUT2D eigenvalue weighted by Crippen LogP contribution is 2.43. The number of fused-ring (bicyclic) bond motifs is 1. The van der Waals surface area contributed by atoms with Crippen LogP contribution in [0.3, 0.4) is 0 Å². The van der Waals surface area contributed by atoms with Crippen molar-refractivity contribution in [3.05, 3.63) is 64.1 Å². The second-order valence-electron chi connectivity index (χ2n) is 7.21. The van der Waals surface area contributed by atoms with Crippen LogP contribution in [0.15, 0.2) is 42.0 Å². The SMILES string of the molecule is CC1=CCC(C)(F)C(c2nc3sc(C)c(C)n3c2Nc2ccc(F)cc2)=C1. The zero-order valence-electron chi connectivity index (χ0n) is 15.7. The average Bonchev–Trinajstić information content (AvgIpc) is 3.09. The fourth-order valence-corrected chi connectivity index (χ4v) is 4.31. The van der Waals surface area contributed by atoms with Gasteiger partial charge in [0.2, 0.25) is 0 Å². The summed E-state index contributed by atoms with van der Waals surface area (Å²) < 4.78 is 30.7. The lowest BCUT2D eigenvalue weighted by molar-refractivity contribution is 0.272. The van der Waals surface area contributed by atoms with E-state index in [1.54, 1.807) is 30.4 Å². The molecule has 0 aliphatic heterocycles. The second kappa shape index (κ2) is 6.30. The molecule has 1 unspecified atom stereocenters. The number of alkyl halides is 1. The fraction of sp³-hybridized carbons (Fsp3) is 0.286. The van der Waals surface area contributed by atoms with Gasteiger partial charge in [-0.3, -0.25) is 4.40 Å². The van der Waals surface area contributed by atoms with Crippen molar-refractivity contribution in [1.82, 2.24) is 9.38 Å². The van der Waals surface area contributed by atoms with Crippen molar-refractivity contribution in [2.24, 2.45) is 0 Å². The molecule has 4 rings (SSSR count). The normalized spacial score (nSPS) is 19.9. The molecule has 0 bridgehead atoms. The number of thiazole rings is 1. The number of benzene rings is 1. The maximum absolute atomic E-state index is 15.3. The van der Waals surface area contributed by atoms with Gasteiger partial charge in [0, 0.05) is 28.3 Å². The lowest BCUT2D eigenvalue weighted by Crippen LogP contribution is -2.22. The zero-order chi connectivity index (χ0) is 19.3. The van der Waals surface area contributed by atoms with Crippen LogP contribution in [0.2, 0.25) is 0 Å². The monoisotopic (exact) mass is 385 g/mol. The number of nitrogens with one attached hydrogen (secondary N) is 1. The first-order chi connectivity index (χ1) is 12.8. The highest BCUT2D eigenvalue weighted by atomic mass is 32.1. The predicted molar refractivity (Wildman–Crippen MR) is 108 cm³/mol. The molecular weight excluding hydrogens is 364 g/mol. The molecule has 3 aromatic rings. The summed E-state index contributed by atoms with van der Waals surface area (Å²) in [4.78, 5) is 6.74. The van der Waals surface area contributed by atoms with Gasteiger partial charge in [0.15, 0.2) is 4.96 Å². The minimum atomic E-state index is -1.49. The third kappa shape index (κ3) is 3.08. The van der Waals surface area contributed by atoms with Crippen molar-refractivity contribution in [3.63, 3.8) is 0 Å². The van der Waals surface area contributed by atoms with Crippen LogP contribution in [0, 0.1) is 19.7 Å². The summed E-state index contributed by atoms with van der Waals surface area (Å²) in [7, 11) is 0. The van der Waals surface area contributed by atoms with Crippen LogP contribution in [0.4, 0.5) is 20.3 Å². The maximum atomic E-state index is 15.3. The van der Waals surface area contributed by atoms with E-state index in [1.807, 2.05) is 37.3 Å². The van der Waals surface area contributed by atoms with E-state index in [-0.39, 0.29) is 5.82 Å². The Morgan fingerprint density at radius 1 is 1.19 bits per heavy atom. The summed E-state index contributed by atoms with van der Waals surface area (Å²) in [6, 6.07) is 6.14. The van der Waals surface area contributed by atoms with E-state index in [4.69, 9.17) is 4.98 Å². The molecule has 140 valence electrons. The number of halogens is 2. The van der Waals surface area contributed by atoms with Gasteiger partial charge in [-0.15, -0.1) is 11.3 Å². The van der Waals surface area contributed by atoms with Crippen LogP contribution >= 0.6 is 11.3 Å². The van der Waals surface area contributed by atoms with Gasteiger partial charge < -0.3 is 5.32 Å². The number of allylic oxidation sites excluding steroid dienone is 4. The number of anilines is 2. The number of rotatable bonds is 3. The first-order valence-corrected chi connectivity index (χ1v) is 9.67. The number of hydrogen-bond acceptors (Lipinski definition) is 3. The Kier molecular flexibility index (Phi) is 4.18. The van der Waals surface area contributed by atoms with Crippen molar-refractivity contribution >= 4 is 33.4 Å². The highest BCUT2D eigenvalue weighted by molar-refractivity contribution is 7.17. The van der Waals surface area contributed by atoms with Gasteiger partial charge in [-0.2, -0.15) is 0 Å². The Hall–Kier alpha value is -2.47. The van der Waals surface area contributed by atoms with Gasteiger partial charge >= 0.3 is 0 Å². The van der Waals surface area contributed by atoms with Crippen LogP contribution in [0.25, 0.3) is 10.5 Å². The first kappa shape index (κ1) is 17.9. The number of imidazole rings is 1. The molecule has 0 saturated heterocycles. The third-order valence-electron chi connectivity index (χ3n) is 5.04. The lowest BCUT2D eigenvalue weighted by atomic mass is 9.85. The van der Waals surface area contributed by atoms with E-state index in [2.05, 4.69) is 5.32 Å². The third-order valence-corrected chi connectivity index (χ3v) is 6.10. The molecular formula is C21H21F2N3S. The van der Waals surface area contributed by atoms with Crippen LogP contribution in [0.1, 0.15) is 36.5 Å². The molecule has 1 N–H and O–H groups in total. The molecule has 6 heteroatoms. The molecule has 0 fully saturated rings. The minimum absolute atomic E-state index is 0.297. The Morgan fingerprint density at radius 2 is 1.89 bits per heavy atom. The van der Waals surface area contributed by atoms with E-state index in [0.29, 0.717) is 23.5 Å². The molecule has 1 aromatic carbocycles. The van der Waals surface area contributed by atoms with Crippen LogP contribution < -0.4 is 5.32 Å². The topological polar surface area (TPSA) is 29.3 Å². The Balaban J connectivity index is 1.93. The maximum Gasteiger partial charge on any atom is 0.196 e. The molecule has 0 amide bonds. The minimum Gasteiger partial charge on any atom is -0.339 e. The van der Waals surface area contributed by atoms with Gasteiger partial charge in [0.05, 0.1) is 0 Å². The second-order valence-corrected chi connectivity index (χ2v) is 8.39. The van der Waals surface area contributed by atoms with E-state index >= 15 is 4.39 Å². The Labute approximate surface area is 161 Å². The van der Waals surface area contributed by atoms with Gasteiger partial charge in [0.1, 0.15) is 23.0 Å². The van der Waals surface area contributed by atoms with Gasteiger partial charge in [-0.1, -0.05) is 17.7 Å². The number of hydrogen-bond donors (Lipinski definition) is 1. The van der Waals surface area contributed by atoms with Crippen molar-refractivity contribution in [2.45, 2.75) is 39.8 Å². The molecule has 2 aromatic heterocycles. The summed E-state index contributed by atoms with van der Waals surface area (Å²) in [5, 5.41) is 3.34. The molecule has 2 heterocycles. The van der Waals surface area contributed by atoms with Gasteiger partial charge in [-0.05, 0) is 52.0 Å². The van der Waals surface area contributed by atoms with Crippen molar-refractivity contribution in [1.29, 1.82) is 0 Å². The molecule has 3 nitrogen and oxygen atoms in total. The van der Waals surface area contributed by atoms with Crippen LogP contribution in [0.5, 0.6) is 0 Å². The van der Waals surface area contributed by atoms with E-state index < -0.39 is 5.67 Å². The van der Waals surface area contributed by atoms with Gasteiger partial charge in [-0.25, -0.2) is 13.8 Å². The predicted octanol–water partition coefficient (Wildman–Crippen LogP) is 6.36. The molecule has 27 heavy (non-hydrogen) atoms. The smallest absolute Gasteiger partial charge is 0.196 e. The number of aryl methyl sites for hydroxylation is 2. The Bertz CT molecular complexity index is 1090. The largest absolute Gasteiger partial charge is 0.339 e. The molecule has 1 aliphatic rings. The summed E-state index contributed by atoms with van der Waals surface area (Å²) in [5.74, 6) is 0.414. The quantitative estimate of drug-likeness (QED) is 0.569. The lowest BCUT2D eigenvalue weighted by Gasteiger charge is -2.26. The first-order valence-electron chi connectivity index (χ1n) is 8.85. The van der Waals surface area contributed by atoms with E-state index in [9.17, 15) is 4.39 Å². The number of nitrogens with zero attached hydrogens (tertiary/aromatic N) is 2. The van der Waals surface area contributed by atoms with Gasteiger partial charge in [0.25, 0.3) is 0 Å². The summed E-state index contributed by atoms with van der Waals surface area (Å²) in [5.41, 5.74) is 2.49. The molecule has 0 spiro atoms. The summed E-state index contributed by atoms with van der Waals surface area (Å²) >= 11 is 1.58. The van der Waals surface area contributed by atoms with Crippen LogP contribution in [-0.2, 0) is 0 Å². The van der Waals surface area contributed by atoms with Crippen LogP contribution in [-0.4, -0.2) is 15.1 Å². The standard InChI is InChI=1S/C21H21F2N3S/c1-12-9-10-21(4,23)17(11-12)18-19(24-16-7-5-15(22)6-8-16)26-13(2)14(3)27-20(26)25-18/h5-9,11,24H,10H2,1-4H3. The molecule has 1 atom stereocenters. The van der Waals surface area contributed by atoms with Crippen molar-refractivity contribution in [3.8, 4) is 0 Å². The van der Waals surface area contributed by atoms with E-state index in [0.717, 1.165) is 26.8 Å². The van der Waals surface area contributed by atoms with Crippen molar-refractivity contribution in [2.75, 3.05) is 5.32 Å². The Morgan fingerprint density at radius 3 is 2.59 bits per heavy atom. The zero-order valence-corrected chi connectivity index (χ0v) is 16.5. The molecule has 0 radical (unpaired) electrons. The fourth-order valence-electron chi connectivity index (χ4n) is 3.34. The molecule has 1 aliphatic carbocycles. The van der Waals surface area contributed by atoms with E-state index in [1.165, 1.54) is 12.1 Å².